The number of nitrogens with one attached hydrogen (secondary N) is 2. The standard InChI is InChI=1S/C11H25N3S/c1-6-8-13-10(12-7-2)14-9-11(3,4)15-5/h6-9H2,1-5H3,(H2,12,13,14). The molecule has 0 heterocycles. The Bertz CT molecular complexity index is 190. The second-order valence-corrected chi connectivity index (χ2v) is 5.60. The molecule has 0 aromatic heterocycles. The summed E-state index contributed by atoms with van der Waals surface area (Å²) in [6, 6.07) is 0. The van der Waals surface area contributed by atoms with Gasteiger partial charge in [0.15, 0.2) is 5.96 Å². The van der Waals surface area contributed by atoms with Crippen molar-refractivity contribution in [2.75, 3.05) is 25.9 Å². The van der Waals surface area contributed by atoms with Crippen LogP contribution in [-0.2, 0) is 0 Å². The van der Waals surface area contributed by atoms with Gasteiger partial charge in [-0.2, -0.15) is 11.8 Å². The molecule has 0 aliphatic carbocycles. The van der Waals surface area contributed by atoms with Crippen LogP contribution in [0.15, 0.2) is 4.99 Å². The van der Waals surface area contributed by atoms with Crippen LogP contribution in [-0.4, -0.2) is 36.6 Å². The lowest BCUT2D eigenvalue weighted by molar-refractivity contribution is 0.708. The molecule has 0 radical (unpaired) electrons. The van der Waals surface area contributed by atoms with Crippen LogP contribution >= 0.6 is 11.8 Å². The zero-order valence-electron chi connectivity index (χ0n) is 10.7. The van der Waals surface area contributed by atoms with Crippen molar-refractivity contribution < 1.29 is 0 Å². The Hall–Kier alpha value is -0.380. The van der Waals surface area contributed by atoms with Crippen molar-refractivity contribution >= 4 is 17.7 Å². The highest BCUT2D eigenvalue weighted by Crippen LogP contribution is 2.20. The van der Waals surface area contributed by atoms with E-state index in [1.807, 2.05) is 11.8 Å². The van der Waals surface area contributed by atoms with E-state index >= 15 is 0 Å². The van der Waals surface area contributed by atoms with Crippen molar-refractivity contribution in [2.45, 2.75) is 38.9 Å². The quantitative estimate of drug-likeness (QED) is 0.543. The van der Waals surface area contributed by atoms with E-state index in [0.717, 1.165) is 32.0 Å². The summed E-state index contributed by atoms with van der Waals surface area (Å²) in [5.74, 6) is 0.932. The van der Waals surface area contributed by atoms with Crippen LogP contribution in [0.25, 0.3) is 0 Å². The van der Waals surface area contributed by atoms with E-state index in [2.05, 4.69) is 49.6 Å². The molecule has 0 atom stereocenters. The fraction of sp³-hybridized carbons (Fsp3) is 0.909. The van der Waals surface area contributed by atoms with Gasteiger partial charge in [-0.3, -0.25) is 4.99 Å². The van der Waals surface area contributed by atoms with Crippen LogP contribution in [0, 0.1) is 0 Å². The third kappa shape index (κ3) is 7.54. The zero-order chi connectivity index (χ0) is 11.7. The molecule has 3 nitrogen and oxygen atoms in total. The number of guanidine groups is 1. The Balaban J connectivity index is 4.15. The van der Waals surface area contributed by atoms with Crippen LogP contribution in [0.4, 0.5) is 0 Å². The molecule has 0 spiro atoms. The average Bonchev–Trinajstić information content (AvgIpc) is 2.22. The maximum absolute atomic E-state index is 4.57. The van der Waals surface area contributed by atoms with Gasteiger partial charge in [0.1, 0.15) is 0 Å². The summed E-state index contributed by atoms with van der Waals surface area (Å²) < 4.78 is 0.217. The summed E-state index contributed by atoms with van der Waals surface area (Å²) >= 11 is 1.85. The van der Waals surface area contributed by atoms with Gasteiger partial charge in [0.05, 0.1) is 6.54 Å². The molecule has 0 amide bonds. The molecule has 0 rings (SSSR count). The maximum atomic E-state index is 4.57. The number of nitrogens with zero attached hydrogens (tertiary/aromatic N) is 1. The maximum Gasteiger partial charge on any atom is 0.191 e. The van der Waals surface area contributed by atoms with Gasteiger partial charge in [0.25, 0.3) is 0 Å². The Morgan fingerprint density at radius 3 is 2.40 bits per heavy atom. The molecular weight excluding hydrogens is 206 g/mol. The first-order valence-corrected chi connectivity index (χ1v) is 6.85. The number of aliphatic imine (C=N–C) groups is 1. The monoisotopic (exact) mass is 231 g/mol. The molecule has 0 bridgehead atoms. The van der Waals surface area contributed by atoms with Gasteiger partial charge < -0.3 is 10.6 Å². The molecule has 4 heteroatoms. The van der Waals surface area contributed by atoms with Gasteiger partial charge >= 0.3 is 0 Å². The first kappa shape index (κ1) is 14.6. The van der Waals surface area contributed by atoms with E-state index in [-0.39, 0.29) is 4.75 Å². The van der Waals surface area contributed by atoms with Gasteiger partial charge in [-0.1, -0.05) is 6.92 Å². The SMILES string of the molecule is CCCNC(=NCC(C)(C)SC)NCC. The lowest BCUT2D eigenvalue weighted by atomic mass is 10.2. The van der Waals surface area contributed by atoms with Crippen LogP contribution in [0.2, 0.25) is 0 Å². The van der Waals surface area contributed by atoms with Gasteiger partial charge in [-0.15, -0.1) is 0 Å². The zero-order valence-corrected chi connectivity index (χ0v) is 11.5. The van der Waals surface area contributed by atoms with E-state index in [0.29, 0.717) is 0 Å². The molecule has 0 fully saturated rings. The fourth-order valence-corrected chi connectivity index (χ4v) is 1.11. The minimum absolute atomic E-state index is 0.217. The van der Waals surface area contributed by atoms with E-state index in [1.165, 1.54) is 0 Å². The number of hydrogen-bond acceptors (Lipinski definition) is 2. The summed E-state index contributed by atoms with van der Waals surface area (Å²) in [6.07, 6.45) is 3.25. The van der Waals surface area contributed by atoms with E-state index in [1.54, 1.807) is 0 Å². The predicted octanol–water partition coefficient (Wildman–Crippen LogP) is 2.09. The molecule has 0 saturated carbocycles. The van der Waals surface area contributed by atoms with Crippen LogP contribution in [0.3, 0.4) is 0 Å². The Morgan fingerprint density at radius 2 is 1.93 bits per heavy atom. The van der Waals surface area contributed by atoms with Crippen molar-refractivity contribution in [3.05, 3.63) is 0 Å². The predicted molar refractivity (Wildman–Crippen MR) is 71.9 cm³/mol. The van der Waals surface area contributed by atoms with Crippen molar-refractivity contribution in [1.82, 2.24) is 10.6 Å². The van der Waals surface area contributed by atoms with Gasteiger partial charge in [-0.25, -0.2) is 0 Å². The first-order valence-electron chi connectivity index (χ1n) is 5.63. The van der Waals surface area contributed by atoms with Gasteiger partial charge in [-0.05, 0) is 33.4 Å². The third-order valence-corrected chi connectivity index (χ3v) is 3.29. The topological polar surface area (TPSA) is 36.4 Å². The minimum Gasteiger partial charge on any atom is -0.357 e. The largest absolute Gasteiger partial charge is 0.357 e. The van der Waals surface area contributed by atoms with Crippen LogP contribution in [0.1, 0.15) is 34.1 Å². The molecule has 0 saturated heterocycles. The summed E-state index contributed by atoms with van der Waals surface area (Å²) in [4.78, 5) is 4.57. The smallest absolute Gasteiger partial charge is 0.191 e. The summed E-state index contributed by atoms with van der Waals surface area (Å²) in [5, 5.41) is 6.54. The fourth-order valence-electron chi connectivity index (χ4n) is 0.919. The highest BCUT2D eigenvalue weighted by atomic mass is 32.2. The Morgan fingerprint density at radius 1 is 1.27 bits per heavy atom. The highest BCUT2D eigenvalue weighted by molar-refractivity contribution is 7.99. The van der Waals surface area contributed by atoms with Gasteiger partial charge in [0.2, 0.25) is 0 Å². The van der Waals surface area contributed by atoms with E-state index in [4.69, 9.17) is 0 Å². The molecule has 0 aromatic rings. The second-order valence-electron chi connectivity index (χ2n) is 4.09. The number of hydrogen-bond donors (Lipinski definition) is 2. The number of rotatable bonds is 6. The third-order valence-electron chi connectivity index (χ3n) is 2.06. The van der Waals surface area contributed by atoms with Crippen LogP contribution < -0.4 is 10.6 Å². The summed E-state index contributed by atoms with van der Waals surface area (Å²) in [7, 11) is 0. The lowest BCUT2D eigenvalue weighted by Crippen LogP contribution is -2.38. The molecular formula is C11H25N3S. The van der Waals surface area contributed by atoms with Crippen LogP contribution in [0.5, 0.6) is 0 Å². The minimum atomic E-state index is 0.217. The molecule has 0 unspecified atom stereocenters. The van der Waals surface area contributed by atoms with E-state index in [9.17, 15) is 0 Å². The van der Waals surface area contributed by atoms with Crippen molar-refractivity contribution in [3.8, 4) is 0 Å². The van der Waals surface area contributed by atoms with Crippen molar-refractivity contribution in [2.24, 2.45) is 4.99 Å². The Kier molecular flexibility index (Phi) is 7.65. The Labute approximate surface area is 98.5 Å². The molecule has 2 N–H and O–H groups in total. The van der Waals surface area contributed by atoms with Crippen molar-refractivity contribution in [1.29, 1.82) is 0 Å². The molecule has 90 valence electrons. The molecule has 0 aliphatic heterocycles. The lowest BCUT2D eigenvalue weighted by Gasteiger charge is -2.20. The molecule has 0 aromatic carbocycles. The normalized spacial score (nSPS) is 12.7. The van der Waals surface area contributed by atoms with Crippen molar-refractivity contribution in [3.63, 3.8) is 0 Å². The second kappa shape index (κ2) is 7.85. The highest BCUT2D eigenvalue weighted by Gasteiger charge is 2.15. The first-order chi connectivity index (χ1) is 7.05. The average molecular weight is 231 g/mol. The molecule has 0 aliphatic rings. The van der Waals surface area contributed by atoms with Gasteiger partial charge in [0, 0.05) is 17.8 Å². The summed E-state index contributed by atoms with van der Waals surface area (Å²) in [5.41, 5.74) is 0. The molecule has 15 heavy (non-hydrogen) atoms. The number of thioether (sulfide) groups is 1. The van der Waals surface area contributed by atoms with E-state index < -0.39 is 0 Å². The summed E-state index contributed by atoms with van der Waals surface area (Å²) in [6.45, 7) is 11.4.